The SMILES string of the molecule is CC1CCC(C(=O)N(c2cc(C#CC(C)(C)C)sc2C(=O)O)[C@H]2CC[C@H](NN(C)c3ccc(Cl)nn3)CC2)CC1. The van der Waals surface area contributed by atoms with Crippen LogP contribution in [0.3, 0.4) is 0 Å². The third-order valence-corrected chi connectivity index (χ3v) is 8.96. The van der Waals surface area contributed by atoms with Crippen LogP contribution in [0.2, 0.25) is 5.15 Å². The molecule has 2 saturated carbocycles. The highest BCUT2D eigenvalue weighted by molar-refractivity contribution is 7.15. The Morgan fingerprint density at radius 3 is 2.33 bits per heavy atom. The number of rotatable bonds is 7. The number of carbonyl (C=O) groups excluding carboxylic acids is 1. The molecule has 4 rings (SSSR count). The quantitative estimate of drug-likeness (QED) is 0.286. The first-order valence-corrected chi connectivity index (χ1v) is 15.3. The van der Waals surface area contributed by atoms with Crippen LogP contribution in [0.1, 0.15) is 93.6 Å². The molecule has 2 heterocycles. The lowest BCUT2D eigenvalue weighted by Crippen LogP contribution is -2.50. The first-order chi connectivity index (χ1) is 18.9. The summed E-state index contributed by atoms with van der Waals surface area (Å²) in [7, 11) is 1.90. The lowest BCUT2D eigenvalue weighted by atomic mass is 9.81. The van der Waals surface area contributed by atoms with Gasteiger partial charge in [-0.05, 0) is 96.3 Å². The molecular formula is C30H40ClN5O3S. The number of amides is 1. The number of anilines is 2. The van der Waals surface area contributed by atoms with Crippen molar-refractivity contribution in [2.75, 3.05) is 17.0 Å². The normalized spacial score (nSPS) is 23.1. The summed E-state index contributed by atoms with van der Waals surface area (Å²) in [6, 6.07) is 5.47. The molecule has 0 atom stereocenters. The fourth-order valence-electron chi connectivity index (χ4n) is 5.51. The Morgan fingerprint density at radius 1 is 1.07 bits per heavy atom. The molecule has 2 aromatic heterocycles. The summed E-state index contributed by atoms with van der Waals surface area (Å²) in [5.41, 5.74) is 3.78. The van der Waals surface area contributed by atoms with Crippen LogP contribution in [-0.2, 0) is 4.79 Å². The zero-order chi connectivity index (χ0) is 29.0. The van der Waals surface area contributed by atoms with Crippen LogP contribution in [0.4, 0.5) is 11.5 Å². The van der Waals surface area contributed by atoms with Crippen molar-refractivity contribution in [3.05, 3.63) is 33.1 Å². The molecule has 40 heavy (non-hydrogen) atoms. The van der Waals surface area contributed by atoms with E-state index in [0.717, 1.165) is 62.7 Å². The van der Waals surface area contributed by atoms with Crippen molar-refractivity contribution >= 4 is 46.3 Å². The number of hydrazine groups is 1. The van der Waals surface area contributed by atoms with Gasteiger partial charge in [0.2, 0.25) is 5.91 Å². The van der Waals surface area contributed by atoms with Gasteiger partial charge in [-0.15, -0.1) is 21.5 Å². The van der Waals surface area contributed by atoms with Crippen molar-refractivity contribution in [1.29, 1.82) is 0 Å². The van der Waals surface area contributed by atoms with Gasteiger partial charge >= 0.3 is 5.97 Å². The molecule has 2 aromatic rings. The number of carboxylic acid groups (broad SMARTS) is 1. The maximum absolute atomic E-state index is 14.1. The molecule has 2 aliphatic carbocycles. The van der Waals surface area contributed by atoms with Crippen LogP contribution >= 0.6 is 22.9 Å². The molecule has 0 saturated heterocycles. The highest BCUT2D eigenvalue weighted by Gasteiger charge is 2.37. The second kappa shape index (κ2) is 12.9. The summed E-state index contributed by atoms with van der Waals surface area (Å²) in [5, 5.41) is 20.4. The van der Waals surface area contributed by atoms with Crippen LogP contribution < -0.4 is 15.3 Å². The summed E-state index contributed by atoms with van der Waals surface area (Å²) in [5.74, 6) is 6.63. The van der Waals surface area contributed by atoms with E-state index in [4.69, 9.17) is 11.6 Å². The number of aromatic carboxylic acids is 1. The fourth-order valence-corrected chi connectivity index (χ4v) is 6.46. The summed E-state index contributed by atoms with van der Waals surface area (Å²) >= 11 is 7.04. The van der Waals surface area contributed by atoms with Gasteiger partial charge in [-0.3, -0.25) is 9.80 Å². The predicted molar refractivity (Wildman–Crippen MR) is 161 cm³/mol. The van der Waals surface area contributed by atoms with E-state index in [1.165, 1.54) is 0 Å². The van der Waals surface area contributed by atoms with Crippen molar-refractivity contribution in [1.82, 2.24) is 15.6 Å². The number of carbonyl (C=O) groups is 2. The van der Waals surface area contributed by atoms with E-state index in [-0.39, 0.29) is 34.2 Å². The molecule has 0 aliphatic heterocycles. The molecule has 10 heteroatoms. The first kappa shape index (κ1) is 30.3. The summed E-state index contributed by atoms with van der Waals surface area (Å²) in [6.07, 6.45) is 6.97. The van der Waals surface area contributed by atoms with Crippen molar-refractivity contribution in [3.63, 3.8) is 0 Å². The van der Waals surface area contributed by atoms with E-state index in [0.29, 0.717) is 27.5 Å². The van der Waals surface area contributed by atoms with Crippen LogP contribution in [0.5, 0.6) is 0 Å². The molecule has 0 radical (unpaired) electrons. The van der Waals surface area contributed by atoms with E-state index >= 15 is 0 Å². The molecule has 8 nitrogen and oxygen atoms in total. The second-order valence-corrected chi connectivity index (χ2v) is 13.6. The van der Waals surface area contributed by atoms with Crippen LogP contribution in [0.15, 0.2) is 18.2 Å². The molecule has 2 aliphatic rings. The minimum absolute atomic E-state index is 0.0625. The van der Waals surface area contributed by atoms with Gasteiger partial charge in [-0.1, -0.05) is 30.4 Å². The van der Waals surface area contributed by atoms with Crippen molar-refractivity contribution in [3.8, 4) is 11.8 Å². The number of nitrogens with one attached hydrogen (secondary N) is 1. The van der Waals surface area contributed by atoms with Crippen LogP contribution in [-0.4, -0.2) is 46.3 Å². The lowest BCUT2D eigenvalue weighted by molar-refractivity contribution is -0.124. The highest BCUT2D eigenvalue weighted by atomic mass is 35.5. The first-order valence-electron chi connectivity index (χ1n) is 14.1. The Balaban J connectivity index is 1.57. The zero-order valence-corrected chi connectivity index (χ0v) is 25.6. The van der Waals surface area contributed by atoms with E-state index in [1.807, 2.05) is 49.9 Å². The molecule has 2 N–H and O–H groups in total. The minimum Gasteiger partial charge on any atom is -0.477 e. The number of halogens is 1. The maximum atomic E-state index is 14.1. The molecule has 0 bridgehead atoms. The van der Waals surface area contributed by atoms with Gasteiger partial charge in [0.05, 0.1) is 10.6 Å². The monoisotopic (exact) mass is 585 g/mol. The Bertz CT molecular complexity index is 1250. The molecule has 2 fully saturated rings. The standard InChI is InChI=1S/C30H40ClN5O3S/c1-19-6-8-20(9-7-19)28(37)36(24-18-23(16-17-30(2,3)4)40-27(24)29(38)39)22-12-10-21(11-13-22)34-35(5)26-15-14-25(31)32-33-26/h14-15,18-22,34H,6-13H2,1-5H3,(H,38,39)/t19?,20?,21-,22-. The van der Waals surface area contributed by atoms with E-state index in [9.17, 15) is 14.7 Å². The number of nitrogens with zero attached hydrogens (tertiary/aromatic N) is 4. The molecule has 0 spiro atoms. The second-order valence-electron chi connectivity index (χ2n) is 12.2. The topological polar surface area (TPSA) is 98.7 Å². The van der Waals surface area contributed by atoms with E-state index < -0.39 is 5.97 Å². The van der Waals surface area contributed by atoms with Crippen LogP contribution in [0, 0.1) is 29.1 Å². The third kappa shape index (κ3) is 7.74. The summed E-state index contributed by atoms with van der Waals surface area (Å²) < 4.78 is 0. The summed E-state index contributed by atoms with van der Waals surface area (Å²) in [4.78, 5) is 29.2. The average Bonchev–Trinajstić information content (AvgIpc) is 3.33. The fraction of sp³-hybridized carbons (Fsp3) is 0.600. The highest BCUT2D eigenvalue weighted by Crippen LogP contribution is 2.39. The van der Waals surface area contributed by atoms with E-state index in [1.54, 1.807) is 6.07 Å². The maximum Gasteiger partial charge on any atom is 0.348 e. The molecule has 1 amide bonds. The van der Waals surface area contributed by atoms with Crippen molar-refractivity contribution in [2.45, 2.75) is 91.1 Å². The van der Waals surface area contributed by atoms with Gasteiger partial charge in [0, 0.05) is 30.5 Å². The van der Waals surface area contributed by atoms with Crippen LogP contribution in [0.25, 0.3) is 0 Å². The largest absolute Gasteiger partial charge is 0.477 e. The van der Waals surface area contributed by atoms with Crippen molar-refractivity contribution in [2.24, 2.45) is 17.3 Å². The van der Waals surface area contributed by atoms with Crippen molar-refractivity contribution < 1.29 is 14.7 Å². The van der Waals surface area contributed by atoms with Gasteiger partial charge < -0.3 is 10.0 Å². The predicted octanol–water partition coefficient (Wildman–Crippen LogP) is 6.40. The molecular weight excluding hydrogens is 546 g/mol. The van der Waals surface area contributed by atoms with Gasteiger partial charge in [-0.25, -0.2) is 10.2 Å². The number of hydrogen-bond donors (Lipinski definition) is 2. The van der Waals surface area contributed by atoms with E-state index in [2.05, 4.69) is 34.4 Å². The smallest absolute Gasteiger partial charge is 0.348 e. The Kier molecular flexibility index (Phi) is 9.76. The molecule has 0 unspecified atom stereocenters. The number of aromatic nitrogens is 2. The number of carboxylic acids is 1. The van der Waals surface area contributed by atoms with Gasteiger partial charge in [0.15, 0.2) is 11.0 Å². The Labute approximate surface area is 246 Å². The Hall–Kier alpha value is -2.67. The Morgan fingerprint density at radius 2 is 1.75 bits per heavy atom. The zero-order valence-electron chi connectivity index (χ0n) is 24.0. The van der Waals surface area contributed by atoms with Gasteiger partial charge in [0.1, 0.15) is 4.88 Å². The average molecular weight is 586 g/mol. The number of hydrogen-bond acceptors (Lipinski definition) is 7. The van der Waals surface area contributed by atoms with Gasteiger partial charge in [-0.2, -0.15) is 0 Å². The van der Waals surface area contributed by atoms with Gasteiger partial charge in [0.25, 0.3) is 0 Å². The lowest BCUT2D eigenvalue weighted by Gasteiger charge is -2.40. The third-order valence-electron chi connectivity index (χ3n) is 7.73. The number of thiophene rings is 1. The minimum atomic E-state index is -1.01. The molecule has 0 aromatic carbocycles. The molecule has 216 valence electrons. The summed E-state index contributed by atoms with van der Waals surface area (Å²) in [6.45, 7) is 8.31.